The molecule has 2 heterocycles. The Balaban J connectivity index is 2.22. The SMILES string of the molecule is Cc1nn(-c2ccc(F)cc2)c2ncc(CN)cc12. The molecule has 0 fully saturated rings. The van der Waals surface area contributed by atoms with Crippen molar-refractivity contribution in [3.05, 3.63) is 53.6 Å². The molecule has 0 bridgehead atoms. The molecule has 0 aliphatic heterocycles. The van der Waals surface area contributed by atoms with Crippen LogP contribution in [0.15, 0.2) is 36.5 Å². The molecule has 0 amide bonds. The van der Waals surface area contributed by atoms with Crippen molar-refractivity contribution >= 4 is 11.0 Å². The van der Waals surface area contributed by atoms with E-state index in [-0.39, 0.29) is 5.82 Å². The first kappa shape index (κ1) is 11.8. The first-order chi connectivity index (χ1) is 9.19. The highest BCUT2D eigenvalue weighted by Gasteiger charge is 2.10. The van der Waals surface area contributed by atoms with E-state index >= 15 is 0 Å². The number of nitrogens with zero attached hydrogens (tertiary/aromatic N) is 3. The second-order valence-electron chi connectivity index (χ2n) is 4.39. The summed E-state index contributed by atoms with van der Waals surface area (Å²) in [6.45, 7) is 2.37. The van der Waals surface area contributed by atoms with Crippen LogP contribution >= 0.6 is 0 Å². The summed E-state index contributed by atoms with van der Waals surface area (Å²) >= 11 is 0. The van der Waals surface area contributed by atoms with Gasteiger partial charge in [0.2, 0.25) is 0 Å². The van der Waals surface area contributed by atoms with Gasteiger partial charge in [-0.05, 0) is 42.8 Å². The molecule has 0 aliphatic rings. The lowest BCUT2D eigenvalue weighted by molar-refractivity contribution is 0.627. The zero-order chi connectivity index (χ0) is 13.4. The van der Waals surface area contributed by atoms with Crippen LogP contribution in [-0.2, 0) is 6.54 Å². The third-order valence-electron chi connectivity index (χ3n) is 3.07. The van der Waals surface area contributed by atoms with E-state index in [1.807, 2.05) is 13.0 Å². The van der Waals surface area contributed by atoms with Crippen LogP contribution < -0.4 is 5.73 Å². The highest BCUT2D eigenvalue weighted by molar-refractivity contribution is 5.80. The lowest BCUT2D eigenvalue weighted by atomic mass is 10.2. The van der Waals surface area contributed by atoms with Crippen LogP contribution in [0.4, 0.5) is 4.39 Å². The maximum absolute atomic E-state index is 13.0. The van der Waals surface area contributed by atoms with Crippen molar-refractivity contribution in [2.75, 3.05) is 0 Å². The van der Waals surface area contributed by atoms with Gasteiger partial charge in [-0.2, -0.15) is 5.10 Å². The second-order valence-corrected chi connectivity index (χ2v) is 4.39. The van der Waals surface area contributed by atoms with E-state index in [2.05, 4.69) is 10.1 Å². The quantitative estimate of drug-likeness (QED) is 0.765. The minimum Gasteiger partial charge on any atom is -0.326 e. The number of aryl methyl sites for hydroxylation is 1. The Bertz CT molecular complexity index is 731. The van der Waals surface area contributed by atoms with Crippen molar-refractivity contribution in [1.82, 2.24) is 14.8 Å². The molecular weight excluding hydrogens is 243 g/mol. The van der Waals surface area contributed by atoms with Gasteiger partial charge < -0.3 is 5.73 Å². The summed E-state index contributed by atoms with van der Waals surface area (Å²) in [6.07, 6.45) is 1.74. The number of halogens is 1. The molecule has 19 heavy (non-hydrogen) atoms. The number of rotatable bonds is 2. The summed E-state index contributed by atoms with van der Waals surface area (Å²) in [5.74, 6) is -0.268. The Labute approximate surface area is 109 Å². The molecule has 2 aromatic heterocycles. The molecule has 2 N–H and O–H groups in total. The maximum atomic E-state index is 13.0. The van der Waals surface area contributed by atoms with Crippen LogP contribution in [0.5, 0.6) is 0 Å². The van der Waals surface area contributed by atoms with E-state index in [1.165, 1.54) is 12.1 Å². The third kappa shape index (κ3) is 1.98. The van der Waals surface area contributed by atoms with Gasteiger partial charge >= 0.3 is 0 Å². The van der Waals surface area contributed by atoms with Gasteiger partial charge in [0.1, 0.15) is 5.82 Å². The molecule has 0 saturated carbocycles. The van der Waals surface area contributed by atoms with Crippen LogP contribution in [0, 0.1) is 12.7 Å². The predicted octanol–water partition coefficient (Wildman–Crippen LogP) is 2.33. The zero-order valence-electron chi connectivity index (χ0n) is 10.5. The summed E-state index contributed by atoms with van der Waals surface area (Å²) in [5.41, 5.74) is 9.00. The normalized spacial score (nSPS) is 11.1. The highest BCUT2D eigenvalue weighted by Crippen LogP contribution is 2.21. The Morgan fingerprint density at radius 1 is 1.26 bits per heavy atom. The summed E-state index contributed by atoms with van der Waals surface area (Å²) < 4.78 is 14.7. The fourth-order valence-corrected chi connectivity index (χ4v) is 2.06. The minimum absolute atomic E-state index is 0.268. The maximum Gasteiger partial charge on any atom is 0.163 e. The van der Waals surface area contributed by atoms with Gasteiger partial charge in [0, 0.05) is 18.1 Å². The fourth-order valence-electron chi connectivity index (χ4n) is 2.06. The molecule has 4 nitrogen and oxygen atoms in total. The monoisotopic (exact) mass is 256 g/mol. The first-order valence-corrected chi connectivity index (χ1v) is 5.99. The van der Waals surface area contributed by atoms with E-state index in [4.69, 9.17) is 5.73 Å². The average Bonchev–Trinajstić information content (AvgIpc) is 2.76. The van der Waals surface area contributed by atoms with E-state index in [9.17, 15) is 4.39 Å². The molecule has 3 aromatic rings. The van der Waals surface area contributed by atoms with Gasteiger partial charge in [0.05, 0.1) is 11.4 Å². The molecule has 3 rings (SSSR count). The van der Waals surface area contributed by atoms with Crippen molar-refractivity contribution in [3.63, 3.8) is 0 Å². The van der Waals surface area contributed by atoms with E-state index < -0.39 is 0 Å². The zero-order valence-corrected chi connectivity index (χ0v) is 10.5. The molecule has 96 valence electrons. The van der Waals surface area contributed by atoms with E-state index in [0.29, 0.717) is 6.54 Å². The topological polar surface area (TPSA) is 56.7 Å². The molecule has 0 atom stereocenters. The van der Waals surface area contributed by atoms with Crippen LogP contribution in [0.1, 0.15) is 11.3 Å². The van der Waals surface area contributed by atoms with Crippen molar-refractivity contribution < 1.29 is 4.39 Å². The van der Waals surface area contributed by atoms with Crippen LogP contribution in [-0.4, -0.2) is 14.8 Å². The van der Waals surface area contributed by atoms with Crippen molar-refractivity contribution in [1.29, 1.82) is 0 Å². The van der Waals surface area contributed by atoms with Gasteiger partial charge in [-0.15, -0.1) is 0 Å². The lowest BCUT2D eigenvalue weighted by Crippen LogP contribution is -1.99. The molecule has 0 unspecified atom stereocenters. The van der Waals surface area contributed by atoms with E-state index in [0.717, 1.165) is 28.0 Å². The van der Waals surface area contributed by atoms with Crippen molar-refractivity contribution in [2.45, 2.75) is 13.5 Å². The van der Waals surface area contributed by atoms with Gasteiger partial charge in [-0.1, -0.05) is 0 Å². The Morgan fingerprint density at radius 3 is 2.68 bits per heavy atom. The third-order valence-corrected chi connectivity index (χ3v) is 3.07. The van der Waals surface area contributed by atoms with Gasteiger partial charge in [0.15, 0.2) is 5.65 Å². The number of nitrogens with two attached hydrogens (primary N) is 1. The minimum atomic E-state index is -0.268. The number of pyridine rings is 1. The Kier molecular flexibility index (Phi) is 2.76. The summed E-state index contributed by atoms with van der Waals surface area (Å²) in [6, 6.07) is 8.17. The molecule has 0 spiro atoms. The first-order valence-electron chi connectivity index (χ1n) is 5.99. The van der Waals surface area contributed by atoms with Crippen LogP contribution in [0.25, 0.3) is 16.7 Å². The standard InChI is InChI=1S/C14H13FN4/c1-9-13-6-10(7-16)8-17-14(13)19(18-9)12-4-2-11(15)3-5-12/h2-6,8H,7,16H2,1H3. The van der Waals surface area contributed by atoms with Gasteiger partial charge in [0.25, 0.3) is 0 Å². The molecule has 5 heteroatoms. The Morgan fingerprint density at radius 2 is 2.00 bits per heavy atom. The number of benzene rings is 1. The Hall–Kier alpha value is -2.27. The molecule has 0 radical (unpaired) electrons. The summed E-state index contributed by atoms with van der Waals surface area (Å²) in [5, 5.41) is 5.42. The number of aromatic nitrogens is 3. The smallest absolute Gasteiger partial charge is 0.163 e. The molecular formula is C14H13FN4. The number of hydrogen-bond acceptors (Lipinski definition) is 3. The highest BCUT2D eigenvalue weighted by atomic mass is 19.1. The predicted molar refractivity (Wildman–Crippen MR) is 71.5 cm³/mol. The molecule has 1 aromatic carbocycles. The number of fused-ring (bicyclic) bond motifs is 1. The van der Waals surface area contributed by atoms with Crippen LogP contribution in [0.2, 0.25) is 0 Å². The molecule has 0 saturated heterocycles. The van der Waals surface area contributed by atoms with Crippen molar-refractivity contribution in [2.24, 2.45) is 5.73 Å². The summed E-state index contributed by atoms with van der Waals surface area (Å²) in [7, 11) is 0. The number of hydrogen-bond donors (Lipinski definition) is 1. The fraction of sp³-hybridized carbons (Fsp3) is 0.143. The molecule has 0 aliphatic carbocycles. The summed E-state index contributed by atoms with van der Waals surface area (Å²) in [4.78, 5) is 4.40. The van der Waals surface area contributed by atoms with Crippen LogP contribution in [0.3, 0.4) is 0 Å². The van der Waals surface area contributed by atoms with Gasteiger partial charge in [-0.25, -0.2) is 14.1 Å². The lowest BCUT2D eigenvalue weighted by Gasteiger charge is -2.03. The second kappa shape index (κ2) is 4.44. The van der Waals surface area contributed by atoms with E-state index in [1.54, 1.807) is 23.0 Å². The largest absolute Gasteiger partial charge is 0.326 e. The van der Waals surface area contributed by atoms with Gasteiger partial charge in [-0.3, -0.25) is 0 Å². The van der Waals surface area contributed by atoms with Crippen molar-refractivity contribution in [3.8, 4) is 5.69 Å². The average molecular weight is 256 g/mol.